The third-order valence-corrected chi connectivity index (χ3v) is 4.67. The van der Waals surface area contributed by atoms with Crippen molar-refractivity contribution in [2.24, 2.45) is 13.0 Å². The molecule has 1 heterocycles. The van der Waals surface area contributed by atoms with Gasteiger partial charge in [-0.15, -0.1) is 0 Å². The standard InChI is InChI=1S/C22H25FN2O/c1-15(2)13-24-22(26)12-19(16-8-10-17(23)11-9-16)20-14-25(3)21-7-5-4-6-18(20)21/h4-11,14-15,19H,12-13H2,1-3H3,(H,24,26)/t19-/m1/s1. The predicted molar refractivity (Wildman–Crippen MR) is 104 cm³/mol. The number of amides is 1. The number of halogens is 1. The van der Waals surface area contributed by atoms with Crippen LogP contribution in [0.3, 0.4) is 0 Å². The van der Waals surface area contributed by atoms with Crippen LogP contribution in [0.2, 0.25) is 0 Å². The number of aromatic nitrogens is 1. The summed E-state index contributed by atoms with van der Waals surface area (Å²) in [6, 6.07) is 14.6. The lowest BCUT2D eigenvalue weighted by atomic mass is 9.88. The third-order valence-electron chi connectivity index (χ3n) is 4.67. The Morgan fingerprint density at radius 2 is 1.81 bits per heavy atom. The van der Waals surface area contributed by atoms with E-state index in [1.165, 1.54) is 12.1 Å². The minimum atomic E-state index is -0.269. The summed E-state index contributed by atoms with van der Waals surface area (Å²) in [6.45, 7) is 4.80. The molecule has 0 fully saturated rings. The van der Waals surface area contributed by atoms with Gasteiger partial charge < -0.3 is 9.88 Å². The maximum absolute atomic E-state index is 13.4. The summed E-state index contributed by atoms with van der Waals surface area (Å²) in [7, 11) is 2.01. The van der Waals surface area contributed by atoms with Gasteiger partial charge in [-0.05, 0) is 35.2 Å². The van der Waals surface area contributed by atoms with Gasteiger partial charge in [0.1, 0.15) is 5.82 Å². The number of carbonyl (C=O) groups is 1. The van der Waals surface area contributed by atoms with Crippen LogP contribution in [0.15, 0.2) is 54.7 Å². The summed E-state index contributed by atoms with van der Waals surface area (Å²) in [5.41, 5.74) is 3.16. The molecule has 4 heteroatoms. The number of fused-ring (bicyclic) bond motifs is 1. The van der Waals surface area contributed by atoms with Crippen molar-refractivity contribution in [2.45, 2.75) is 26.2 Å². The lowest BCUT2D eigenvalue weighted by molar-refractivity contribution is -0.121. The van der Waals surface area contributed by atoms with E-state index in [1.807, 2.05) is 19.2 Å². The number of nitrogens with zero attached hydrogens (tertiary/aromatic N) is 1. The lowest BCUT2D eigenvalue weighted by Crippen LogP contribution is -2.28. The van der Waals surface area contributed by atoms with Crippen molar-refractivity contribution < 1.29 is 9.18 Å². The Morgan fingerprint density at radius 1 is 1.12 bits per heavy atom. The molecule has 0 spiro atoms. The van der Waals surface area contributed by atoms with E-state index < -0.39 is 0 Å². The van der Waals surface area contributed by atoms with Gasteiger partial charge in [0.25, 0.3) is 0 Å². The summed E-state index contributed by atoms with van der Waals surface area (Å²) in [6.07, 6.45) is 2.42. The first-order chi connectivity index (χ1) is 12.5. The van der Waals surface area contributed by atoms with Crippen LogP contribution in [0.5, 0.6) is 0 Å². The van der Waals surface area contributed by atoms with Gasteiger partial charge in [0, 0.05) is 43.0 Å². The van der Waals surface area contributed by atoms with Gasteiger partial charge in [-0.2, -0.15) is 0 Å². The molecule has 3 aromatic rings. The molecule has 26 heavy (non-hydrogen) atoms. The van der Waals surface area contributed by atoms with Gasteiger partial charge in [-0.1, -0.05) is 44.2 Å². The summed E-state index contributed by atoms with van der Waals surface area (Å²) >= 11 is 0. The van der Waals surface area contributed by atoms with Crippen LogP contribution >= 0.6 is 0 Å². The molecule has 0 aliphatic carbocycles. The second-order valence-corrected chi connectivity index (χ2v) is 7.22. The molecular formula is C22H25FN2O. The van der Waals surface area contributed by atoms with Crippen molar-refractivity contribution in [1.82, 2.24) is 9.88 Å². The van der Waals surface area contributed by atoms with Crippen molar-refractivity contribution in [3.63, 3.8) is 0 Å². The highest BCUT2D eigenvalue weighted by Gasteiger charge is 2.22. The van der Waals surface area contributed by atoms with Crippen LogP contribution in [0.1, 0.15) is 37.3 Å². The van der Waals surface area contributed by atoms with E-state index in [0.29, 0.717) is 18.9 Å². The molecule has 1 aromatic heterocycles. The largest absolute Gasteiger partial charge is 0.356 e. The summed E-state index contributed by atoms with van der Waals surface area (Å²) in [5, 5.41) is 4.12. The van der Waals surface area contributed by atoms with Crippen molar-refractivity contribution in [3.05, 3.63) is 71.7 Å². The monoisotopic (exact) mass is 352 g/mol. The number of carbonyl (C=O) groups excluding carboxylic acids is 1. The summed E-state index contributed by atoms with van der Waals surface area (Å²) in [5.74, 6) is 0.0327. The normalized spacial score (nSPS) is 12.5. The third kappa shape index (κ3) is 3.96. The van der Waals surface area contributed by atoms with E-state index in [-0.39, 0.29) is 17.6 Å². The summed E-state index contributed by atoms with van der Waals surface area (Å²) < 4.78 is 15.5. The van der Waals surface area contributed by atoms with Gasteiger partial charge in [0.2, 0.25) is 5.91 Å². The fourth-order valence-electron chi connectivity index (χ4n) is 3.33. The van der Waals surface area contributed by atoms with Crippen molar-refractivity contribution >= 4 is 16.8 Å². The number of hydrogen-bond donors (Lipinski definition) is 1. The van der Waals surface area contributed by atoms with Crippen molar-refractivity contribution in [1.29, 1.82) is 0 Å². The molecule has 136 valence electrons. The maximum Gasteiger partial charge on any atom is 0.220 e. The Labute approximate surface area is 153 Å². The highest BCUT2D eigenvalue weighted by atomic mass is 19.1. The number of aryl methyl sites for hydroxylation is 1. The van der Waals surface area contributed by atoms with Gasteiger partial charge in [-0.3, -0.25) is 4.79 Å². The van der Waals surface area contributed by atoms with Gasteiger partial charge >= 0.3 is 0 Å². The summed E-state index contributed by atoms with van der Waals surface area (Å²) in [4.78, 5) is 12.5. The molecule has 0 radical (unpaired) electrons. The van der Waals surface area contributed by atoms with E-state index >= 15 is 0 Å². The Kier molecular flexibility index (Phi) is 5.40. The van der Waals surface area contributed by atoms with E-state index in [9.17, 15) is 9.18 Å². The molecule has 0 bridgehead atoms. The first-order valence-electron chi connectivity index (χ1n) is 9.02. The minimum Gasteiger partial charge on any atom is -0.356 e. The second kappa shape index (κ2) is 7.73. The Bertz CT molecular complexity index is 896. The minimum absolute atomic E-state index is 0.0148. The maximum atomic E-state index is 13.4. The zero-order valence-electron chi connectivity index (χ0n) is 15.5. The van der Waals surface area contributed by atoms with E-state index in [1.54, 1.807) is 12.1 Å². The number of benzene rings is 2. The van der Waals surface area contributed by atoms with Crippen LogP contribution in [-0.2, 0) is 11.8 Å². The predicted octanol–water partition coefficient (Wildman–Crippen LogP) is 4.61. The fraction of sp³-hybridized carbons (Fsp3) is 0.318. The SMILES string of the molecule is CC(C)CNC(=O)C[C@H](c1ccc(F)cc1)c1cn(C)c2ccccc12. The highest BCUT2D eigenvalue weighted by Crippen LogP contribution is 2.34. The van der Waals surface area contributed by atoms with Gasteiger partial charge in [0.15, 0.2) is 0 Å². The van der Waals surface area contributed by atoms with Crippen LogP contribution in [0.4, 0.5) is 4.39 Å². The van der Waals surface area contributed by atoms with E-state index in [4.69, 9.17) is 0 Å². The Balaban J connectivity index is 1.99. The molecule has 1 atom stereocenters. The molecule has 0 aliphatic heterocycles. The first-order valence-corrected chi connectivity index (χ1v) is 9.02. The van der Waals surface area contributed by atoms with Crippen LogP contribution < -0.4 is 5.32 Å². The topological polar surface area (TPSA) is 34.0 Å². The zero-order chi connectivity index (χ0) is 18.7. The first kappa shape index (κ1) is 18.2. The average Bonchev–Trinajstić information content (AvgIpc) is 2.96. The molecule has 0 saturated carbocycles. The molecule has 3 nitrogen and oxygen atoms in total. The van der Waals surface area contributed by atoms with Crippen molar-refractivity contribution in [3.8, 4) is 0 Å². The molecule has 0 unspecified atom stereocenters. The number of nitrogens with one attached hydrogen (secondary N) is 1. The van der Waals surface area contributed by atoms with Crippen LogP contribution in [0.25, 0.3) is 10.9 Å². The quantitative estimate of drug-likeness (QED) is 0.690. The average molecular weight is 352 g/mol. The zero-order valence-corrected chi connectivity index (χ0v) is 15.5. The smallest absolute Gasteiger partial charge is 0.220 e. The van der Waals surface area contributed by atoms with E-state index in [2.05, 4.69) is 42.1 Å². The number of rotatable bonds is 6. The second-order valence-electron chi connectivity index (χ2n) is 7.22. The Morgan fingerprint density at radius 3 is 2.50 bits per heavy atom. The van der Waals surface area contributed by atoms with E-state index in [0.717, 1.165) is 22.0 Å². The Hall–Kier alpha value is -2.62. The molecule has 0 saturated heterocycles. The van der Waals surface area contributed by atoms with Gasteiger partial charge in [-0.25, -0.2) is 4.39 Å². The molecule has 1 amide bonds. The molecule has 1 N–H and O–H groups in total. The molecular weight excluding hydrogens is 327 g/mol. The fourth-order valence-corrected chi connectivity index (χ4v) is 3.33. The molecule has 3 rings (SSSR count). The van der Waals surface area contributed by atoms with Crippen LogP contribution in [0, 0.1) is 11.7 Å². The van der Waals surface area contributed by atoms with Crippen LogP contribution in [-0.4, -0.2) is 17.0 Å². The molecule has 2 aromatic carbocycles. The van der Waals surface area contributed by atoms with Crippen molar-refractivity contribution in [2.75, 3.05) is 6.54 Å². The number of hydrogen-bond acceptors (Lipinski definition) is 1. The number of para-hydroxylation sites is 1. The lowest BCUT2D eigenvalue weighted by Gasteiger charge is -2.18. The van der Waals surface area contributed by atoms with Gasteiger partial charge in [0.05, 0.1) is 0 Å². The molecule has 0 aliphatic rings. The highest BCUT2D eigenvalue weighted by molar-refractivity contribution is 5.86.